The molecule has 2 N–H and O–H groups in total. The zero-order valence-electron chi connectivity index (χ0n) is 8.87. The first kappa shape index (κ1) is 9.59. The average Bonchev–Trinajstić information content (AvgIpc) is 2.20. The molecule has 1 heterocycles. The number of likely N-dealkylation sites (N-methyl/N-ethyl adjacent to an activating group) is 1. The summed E-state index contributed by atoms with van der Waals surface area (Å²) < 4.78 is 0. The Labute approximate surface area is 85.9 Å². The zero-order valence-corrected chi connectivity index (χ0v) is 8.87. The minimum atomic E-state index is 0.973. The number of allylic oxidation sites excluding steroid dienone is 2. The number of nitrogens with zero attached hydrogens (tertiary/aromatic N) is 2. The standard InChI is InChI=1S/C11H19N3/c1-13-6-8-14(9-7-13)11-5-3-2-4-10(11)12/h4-5H,2-3,6-9,12H2,1H3. The molecule has 0 bridgehead atoms. The fourth-order valence-corrected chi connectivity index (χ4v) is 2.04. The van der Waals surface area contributed by atoms with Gasteiger partial charge in [0.25, 0.3) is 0 Å². The fraction of sp³-hybridized carbons (Fsp3) is 0.636. The lowest BCUT2D eigenvalue weighted by Crippen LogP contribution is -2.44. The molecule has 1 aliphatic carbocycles. The highest BCUT2D eigenvalue weighted by molar-refractivity contribution is 5.30. The van der Waals surface area contributed by atoms with Crippen molar-refractivity contribution in [3.05, 3.63) is 23.5 Å². The molecule has 0 aromatic carbocycles. The van der Waals surface area contributed by atoms with Crippen LogP contribution in [-0.2, 0) is 0 Å². The topological polar surface area (TPSA) is 32.5 Å². The van der Waals surface area contributed by atoms with Crippen LogP contribution in [0.25, 0.3) is 0 Å². The van der Waals surface area contributed by atoms with Crippen molar-refractivity contribution in [2.24, 2.45) is 5.73 Å². The Balaban J connectivity index is 2.01. The molecule has 0 aromatic rings. The van der Waals surface area contributed by atoms with Crippen molar-refractivity contribution in [1.82, 2.24) is 9.80 Å². The van der Waals surface area contributed by atoms with E-state index < -0.39 is 0 Å². The molecular weight excluding hydrogens is 174 g/mol. The van der Waals surface area contributed by atoms with Gasteiger partial charge in [-0.2, -0.15) is 0 Å². The summed E-state index contributed by atoms with van der Waals surface area (Å²) in [7, 11) is 2.17. The van der Waals surface area contributed by atoms with E-state index >= 15 is 0 Å². The van der Waals surface area contributed by atoms with Crippen molar-refractivity contribution in [3.63, 3.8) is 0 Å². The first-order valence-electron chi connectivity index (χ1n) is 5.37. The van der Waals surface area contributed by atoms with Crippen LogP contribution in [0.3, 0.4) is 0 Å². The van der Waals surface area contributed by atoms with Gasteiger partial charge in [0.05, 0.1) is 11.4 Å². The first-order chi connectivity index (χ1) is 6.77. The van der Waals surface area contributed by atoms with Gasteiger partial charge in [0.15, 0.2) is 0 Å². The Morgan fingerprint density at radius 2 is 1.71 bits per heavy atom. The Kier molecular flexibility index (Phi) is 2.77. The second kappa shape index (κ2) is 4.05. The molecule has 1 fully saturated rings. The van der Waals surface area contributed by atoms with E-state index in [1.54, 1.807) is 0 Å². The highest BCUT2D eigenvalue weighted by atomic mass is 15.3. The SMILES string of the molecule is CN1CCN(C2=CCCC=C2N)CC1. The smallest absolute Gasteiger partial charge is 0.0557 e. The first-order valence-corrected chi connectivity index (χ1v) is 5.37. The van der Waals surface area contributed by atoms with Gasteiger partial charge in [-0.25, -0.2) is 0 Å². The van der Waals surface area contributed by atoms with Gasteiger partial charge in [-0.05, 0) is 19.9 Å². The van der Waals surface area contributed by atoms with Crippen LogP contribution in [0.5, 0.6) is 0 Å². The second-order valence-electron chi connectivity index (χ2n) is 4.12. The summed E-state index contributed by atoms with van der Waals surface area (Å²) >= 11 is 0. The lowest BCUT2D eigenvalue weighted by molar-refractivity contribution is 0.187. The van der Waals surface area contributed by atoms with E-state index in [4.69, 9.17) is 5.73 Å². The van der Waals surface area contributed by atoms with Crippen LogP contribution in [0.2, 0.25) is 0 Å². The molecule has 0 atom stereocenters. The maximum absolute atomic E-state index is 5.98. The summed E-state index contributed by atoms with van der Waals surface area (Å²) in [6.45, 7) is 4.50. The molecule has 1 aliphatic heterocycles. The lowest BCUT2D eigenvalue weighted by atomic mass is 10.1. The third kappa shape index (κ3) is 1.93. The summed E-state index contributed by atoms with van der Waals surface area (Å²) in [4.78, 5) is 4.77. The Bertz CT molecular complexity index is 260. The van der Waals surface area contributed by atoms with E-state index in [9.17, 15) is 0 Å². The minimum absolute atomic E-state index is 0.973. The van der Waals surface area contributed by atoms with Crippen LogP contribution in [0, 0.1) is 0 Å². The molecule has 0 radical (unpaired) electrons. The largest absolute Gasteiger partial charge is 0.397 e. The van der Waals surface area contributed by atoms with Crippen LogP contribution < -0.4 is 5.73 Å². The summed E-state index contributed by atoms with van der Waals surface area (Å²) in [6, 6.07) is 0. The van der Waals surface area contributed by atoms with Crippen LogP contribution in [0.4, 0.5) is 0 Å². The van der Waals surface area contributed by atoms with Gasteiger partial charge in [0.1, 0.15) is 0 Å². The van der Waals surface area contributed by atoms with E-state index in [0.717, 1.165) is 44.7 Å². The van der Waals surface area contributed by atoms with Crippen molar-refractivity contribution in [2.45, 2.75) is 12.8 Å². The summed E-state index contributed by atoms with van der Waals surface area (Å²) in [6.07, 6.45) is 6.67. The van der Waals surface area contributed by atoms with E-state index in [2.05, 4.69) is 29.0 Å². The number of rotatable bonds is 1. The van der Waals surface area contributed by atoms with Gasteiger partial charge < -0.3 is 15.5 Å². The maximum Gasteiger partial charge on any atom is 0.0557 e. The third-order valence-electron chi connectivity index (χ3n) is 3.01. The minimum Gasteiger partial charge on any atom is -0.397 e. The van der Waals surface area contributed by atoms with Crippen molar-refractivity contribution >= 4 is 0 Å². The van der Waals surface area contributed by atoms with Crippen molar-refractivity contribution in [2.75, 3.05) is 33.2 Å². The molecule has 0 unspecified atom stereocenters. The Morgan fingerprint density at radius 3 is 2.36 bits per heavy atom. The zero-order chi connectivity index (χ0) is 9.97. The second-order valence-corrected chi connectivity index (χ2v) is 4.12. The maximum atomic E-state index is 5.98. The molecule has 0 saturated carbocycles. The molecule has 14 heavy (non-hydrogen) atoms. The van der Waals surface area contributed by atoms with E-state index in [0.29, 0.717) is 0 Å². The molecule has 3 heteroatoms. The molecule has 0 amide bonds. The normalized spacial score (nSPS) is 24.5. The Hall–Kier alpha value is -0.960. The van der Waals surface area contributed by atoms with Crippen molar-refractivity contribution in [1.29, 1.82) is 0 Å². The monoisotopic (exact) mass is 193 g/mol. The average molecular weight is 193 g/mol. The van der Waals surface area contributed by atoms with E-state index in [-0.39, 0.29) is 0 Å². The molecule has 78 valence electrons. The van der Waals surface area contributed by atoms with Gasteiger partial charge in [0, 0.05) is 26.2 Å². The van der Waals surface area contributed by atoms with Gasteiger partial charge in [0.2, 0.25) is 0 Å². The van der Waals surface area contributed by atoms with Crippen LogP contribution in [0.15, 0.2) is 23.5 Å². The molecule has 0 spiro atoms. The van der Waals surface area contributed by atoms with E-state index in [1.807, 2.05) is 0 Å². The van der Waals surface area contributed by atoms with Crippen molar-refractivity contribution < 1.29 is 0 Å². The van der Waals surface area contributed by atoms with Gasteiger partial charge in [-0.3, -0.25) is 0 Å². The number of piperazine rings is 1. The van der Waals surface area contributed by atoms with Gasteiger partial charge >= 0.3 is 0 Å². The Morgan fingerprint density at radius 1 is 1.07 bits per heavy atom. The van der Waals surface area contributed by atoms with E-state index in [1.165, 1.54) is 5.70 Å². The number of hydrogen-bond donors (Lipinski definition) is 1. The molecule has 0 aromatic heterocycles. The predicted octanol–water partition coefficient (Wildman–Crippen LogP) is 0.754. The summed E-state index contributed by atoms with van der Waals surface area (Å²) in [5, 5.41) is 0. The number of nitrogens with two attached hydrogens (primary N) is 1. The predicted molar refractivity (Wildman–Crippen MR) is 58.7 cm³/mol. The quantitative estimate of drug-likeness (QED) is 0.667. The molecular formula is C11H19N3. The third-order valence-corrected chi connectivity index (χ3v) is 3.01. The van der Waals surface area contributed by atoms with Crippen LogP contribution >= 0.6 is 0 Å². The molecule has 2 rings (SSSR count). The van der Waals surface area contributed by atoms with Crippen LogP contribution in [-0.4, -0.2) is 43.0 Å². The van der Waals surface area contributed by atoms with Crippen molar-refractivity contribution in [3.8, 4) is 0 Å². The lowest BCUT2D eigenvalue weighted by Gasteiger charge is -2.36. The number of hydrogen-bond acceptors (Lipinski definition) is 3. The molecule has 3 nitrogen and oxygen atoms in total. The van der Waals surface area contributed by atoms with Gasteiger partial charge in [-0.15, -0.1) is 0 Å². The van der Waals surface area contributed by atoms with Gasteiger partial charge in [-0.1, -0.05) is 12.2 Å². The summed E-state index contributed by atoms with van der Waals surface area (Å²) in [5.41, 5.74) is 8.22. The molecule has 2 aliphatic rings. The fourth-order valence-electron chi connectivity index (χ4n) is 2.04. The highest BCUT2D eigenvalue weighted by Crippen LogP contribution is 2.19. The van der Waals surface area contributed by atoms with Crippen LogP contribution in [0.1, 0.15) is 12.8 Å². The highest BCUT2D eigenvalue weighted by Gasteiger charge is 2.18. The summed E-state index contributed by atoms with van der Waals surface area (Å²) in [5.74, 6) is 0. The molecule has 1 saturated heterocycles.